The van der Waals surface area contributed by atoms with E-state index in [9.17, 15) is 0 Å². The largest absolute Gasteiger partial charge is 1.00 e. The molecule has 0 bridgehead atoms. The van der Waals surface area contributed by atoms with Crippen molar-refractivity contribution in [1.82, 2.24) is 0 Å². The average molecular weight is 301 g/mol. The van der Waals surface area contributed by atoms with Crippen molar-refractivity contribution >= 4 is 0 Å². The van der Waals surface area contributed by atoms with E-state index in [1.54, 1.807) is 0 Å². The van der Waals surface area contributed by atoms with Crippen molar-refractivity contribution in [2.75, 3.05) is 26.7 Å². The van der Waals surface area contributed by atoms with Crippen LogP contribution in [0.5, 0.6) is 0 Å². The summed E-state index contributed by atoms with van der Waals surface area (Å²) in [5.41, 5.74) is 13.5. The zero-order valence-electron chi connectivity index (χ0n) is 13.5. The van der Waals surface area contributed by atoms with Crippen LogP contribution >= 0.6 is 0 Å². The summed E-state index contributed by atoms with van der Waals surface area (Å²) < 4.78 is 1.32. The van der Waals surface area contributed by atoms with Gasteiger partial charge in [-0.25, -0.2) is 0 Å². The molecule has 6 heteroatoms. The van der Waals surface area contributed by atoms with Gasteiger partial charge in [0.1, 0.15) is 0 Å². The molecule has 0 aliphatic heterocycles. The van der Waals surface area contributed by atoms with Crippen LogP contribution in [0.15, 0.2) is 0 Å². The minimum atomic E-state index is 0. The van der Waals surface area contributed by atoms with Crippen molar-refractivity contribution in [3.05, 3.63) is 16.0 Å². The summed E-state index contributed by atoms with van der Waals surface area (Å²) >= 11 is 0. The Labute approximate surface area is 148 Å². The Balaban J connectivity index is -0.000000204. The molecule has 4 nitrogen and oxygen atoms in total. The van der Waals surface area contributed by atoms with Crippen LogP contribution in [-0.2, 0) is 0 Å². The van der Waals surface area contributed by atoms with E-state index in [4.69, 9.17) is 11.1 Å². The number of quaternary nitrogens is 1. The van der Waals surface area contributed by atoms with E-state index in [1.807, 2.05) is 0 Å². The second-order valence-corrected chi connectivity index (χ2v) is 4.94. The number of hydrogen-bond acceptors (Lipinski definition) is 0. The van der Waals surface area contributed by atoms with Gasteiger partial charge in [0, 0.05) is 0 Å². The molecule has 0 saturated heterocycles. The molecule has 0 aliphatic rings. The van der Waals surface area contributed by atoms with Gasteiger partial charge in [-0.1, -0.05) is 40.0 Å². The molecule has 0 aliphatic carbocycles. The predicted octanol–water partition coefficient (Wildman–Crippen LogP) is -1.29. The molecule has 0 atom stereocenters. The quantitative estimate of drug-likeness (QED) is 0.167. The monoisotopic (exact) mass is 300 g/mol. The van der Waals surface area contributed by atoms with Crippen LogP contribution in [0.25, 0.3) is 16.0 Å². The van der Waals surface area contributed by atoms with Crippen molar-refractivity contribution in [2.24, 2.45) is 0 Å². The number of halogens is 1. The first-order chi connectivity index (χ1) is 8.10. The van der Waals surface area contributed by atoms with Gasteiger partial charge in [0.05, 0.1) is 26.7 Å². The molecule has 110 valence electrons. The molecule has 0 radical (unpaired) electrons. The molecule has 0 aromatic rings. The van der Waals surface area contributed by atoms with E-state index >= 15 is 0 Å². The SMILES string of the molecule is CCCC[N+](C)(CCCC)CCCC.[Cl-].[N-]=[N+]=[N-].[Na+]. The Morgan fingerprint density at radius 3 is 1.16 bits per heavy atom. The fourth-order valence-corrected chi connectivity index (χ4v) is 1.95. The molecule has 19 heavy (non-hydrogen) atoms. The van der Waals surface area contributed by atoms with Gasteiger partial charge in [-0.05, 0) is 19.3 Å². The third-order valence-corrected chi connectivity index (χ3v) is 3.15. The molecule has 0 amide bonds. The van der Waals surface area contributed by atoms with Gasteiger partial charge in [-0.15, -0.1) is 0 Å². The maximum absolute atomic E-state index is 6.75. The van der Waals surface area contributed by atoms with Gasteiger partial charge in [0.25, 0.3) is 0 Å². The minimum absolute atomic E-state index is 0. The van der Waals surface area contributed by atoms with Gasteiger partial charge in [0.15, 0.2) is 0 Å². The molecule has 0 fully saturated rings. The maximum atomic E-state index is 6.75. The van der Waals surface area contributed by atoms with Crippen LogP contribution in [0.2, 0.25) is 0 Å². The maximum Gasteiger partial charge on any atom is 1.00 e. The van der Waals surface area contributed by atoms with Gasteiger partial charge in [-0.2, -0.15) is 0 Å². The van der Waals surface area contributed by atoms with Crippen molar-refractivity contribution in [3.8, 4) is 0 Å². The Morgan fingerprint density at radius 1 is 0.789 bits per heavy atom. The fraction of sp³-hybridized carbons (Fsp3) is 1.00. The van der Waals surface area contributed by atoms with Crippen LogP contribution in [0, 0.1) is 0 Å². The number of unbranched alkanes of at least 4 members (excludes halogenated alkanes) is 3. The second-order valence-electron chi connectivity index (χ2n) is 4.94. The van der Waals surface area contributed by atoms with Crippen molar-refractivity contribution in [1.29, 1.82) is 0 Å². The van der Waals surface area contributed by atoms with Crippen LogP contribution in [-0.4, -0.2) is 31.2 Å². The van der Waals surface area contributed by atoms with Gasteiger partial charge < -0.3 is 28.0 Å². The molecule has 0 aromatic heterocycles. The Kier molecular flexibility index (Phi) is 30.6. The van der Waals surface area contributed by atoms with Crippen molar-refractivity contribution in [3.63, 3.8) is 0 Å². The summed E-state index contributed by atoms with van der Waals surface area (Å²) in [7, 11) is 2.45. The summed E-state index contributed by atoms with van der Waals surface area (Å²) in [5.74, 6) is 0. The van der Waals surface area contributed by atoms with Crippen LogP contribution in [0.3, 0.4) is 0 Å². The normalized spacial score (nSPS) is 9.26. The molecule has 0 rings (SSSR count). The van der Waals surface area contributed by atoms with Gasteiger partial charge >= 0.3 is 29.6 Å². The fourth-order valence-electron chi connectivity index (χ4n) is 1.95. The van der Waals surface area contributed by atoms with Crippen molar-refractivity contribution in [2.45, 2.75) is 59.3 Å². The molecule has 0 saturated carbocycles. The molecule has 0 N–H and O–H groups in total. The number of rotatable bonds is 9. The van der Waals surface area contributed by atoms with Crippen LogP contribution in [0.4, 0.5) is 0 Å². The first-order valence-corrected chi connectivity index (χ1v) is 6.92. The average Bonchev–Trinajstić information content (AvgIpc) is 2.33. The molecular formula is C13H30ClN4Na. The molecule has 0 spiro atoms. The summed E-state index contributed by atoms with van der Waals surface area (Å²) in [4.78, 5) is 1.50. The molecular weight excluding hydrogens is 271 g/mol. The zero-order valence-corrected chi connectivity index (χ0v) is 16.3. The van der Waals surface area contributed by atoms with Crippen LogP contribution in [0.1, 0.15) is 59.3 Å². The first-order valence-electron chi connectivity index (χ1n) is 6.92. The van der Waals surface area contributed by atoms with E-state index in [1.165, 1.54) is 67.6 Å². The second kappa shape index (κ2) is 20.9. The smallest absolute Gasteiger partial charge is 1.00 e. The van der Waals surface area contributed by atoms with Crippen molar-refractivity contribution < 1.29 is 46.4 Å². The standard InChI is InChI=1S/C13H30N.ClH.N3.Na/c1-5-8-11-14(4,12-9-6-2)13-10-7-3;;1-3-2;/h5-13H2,1-4H3;1H;;/q+1;;-1;+1/p-1. The summed E-state index contributed by atoms with van der Waals surface area (Å²) in [6, 6.07) is 0. The topological polar surface area (TPSA) is 58.7 Å². The third-order valence-electron chi connectivity index (χ3n) is 3.15. The molecule has 0 heterocycles. The Morgan fingerprint density at radius 2 is 1.00 bits per heavy atom. The predicted molar refractivity (Wildman–Crippen MR) is 75.6 cm³/mol. The van der Waals surface area contributed by atoms with E-state index in [2.05, 4.69) is 27.8 Å². The molecule has 0 aromatic carbocycles. The van der Waals surface area contributed by atoms with E-state index in [0.717, 1.165) is 0 Å². The third kappa shape index (κ3) is 21.0. The first kappa shape index (κ1) is 27.8. The Bertz CT molecular complexity index is 175. The van der Waals surface area contributed by atoms with Gasteiger partial charge in [0.2, 0.25) is 0 Å². The van der Waals surface area contributed by atoms with E-state index in [-0.39, 0.29) is 42.0 Å². The van der Waals surface area contributed by atoms with Crippen LogP contribution < -0.4 is 42.0 Å². The Hall–Kier alpha value is 0.560. The summed E-state index contributed by atoms with van der Waals surface area (Å²) in [6.07, 6.45) is 8.20. The van der Waals surface area contributed by atoms with Gasteiger partial charge in [-0.3, -0.25) is 4.91 Å². The molecule has 0 unspecified atom stereocenters. The number of nitrogens with zero attached hydrogens (tertiary/aromatic N) is 4. The van der Waals surface area contributed by atoms with E-state index in [0.29, 0.717) is 0 Å². The van der Waals surface area contributed by atoms with E-state index < -0.39 is 0 Å². The minimum Gasteiger partial charge on any atom is -1.00 e. The number of hydrogen-bond donors (Lipinski definition) is 0. The zero-order chi connectivity index (χ0) is 13.6. The summed E-state index contributed by atoms with van der Waals surface area (Å²) in [5, 5.41) is 0. The summed E-state index contributed by atoms with van der Waals surface area (Å²) in [6.45, 7) is 11.0.